The van der Waals surface area contributed by atoms with E-state index >= 15 is 0 Å². The molecule has 3 nitrogen and oxygen atoms in total. The molecule has 2 aromatic rings. The van der Waals surface area contributed by atoms with Crippen LogP contribution in [0.2, 0.25) is 0 Å². The second-order valence-corrected chi connectivity index (χ2v) is 4.89. The predicted molar refractivity (Wildman–Crippen MR) is 76.6 cm³/mol. The van der Waals surface area contributed by atoms with E-state index in [0.29, 0.717) is 12.1 Å². The monoisotopic (exact) mass is 271 g/mol. The summed E-state index contributed by atoms with van der Waals surface area (Å²) in [4.78, 5) is 0. The molecular weight excluding hydrogens is 253 g/mol. The third-order valence-corrected chi connectivity index (χ3v) is 3.46. The quantitative estimate of drug-likeness (QED) is 0.909. The lowest BCUT2D eigenvalue weighted by atomic mass is 10.1. The highest BCUT2D eigenvalue weighted by Crippen LogP contribution is 2.16. The van der Waals surface area contributed by atoms with Crippen molar-refractivity contribution in [1.29, 1.82) is 5.26 Å². The van der Waals surface area contributed by atoms with Gasteiger partial charge in [-0.1, -0.05) is 19.1 Å². The summed E-state index contributed by atoms with van der Waals surface area (Å²) >= 11 is 0. The first-order valence-electron chi connectivity index (χ1n) is 6.72. The molecule has 0 saturated heterocycles. The van der Waals surface area contributed by atoms with E-state index in [4.69, 9.17) is 11.0 Å². The van der Waals surface area contributed by atoms with Crippen LogP contribution in [0.25, 0.3) is 0 Å². The van der Waals surface area contributed by atoms with Crippen molar-refractivity contribution in [3.63, 3.8) is 0 Å². The van der Waals surface area contributed by atoms with Crippen LogP contribution >= 0.6 is 0 Å². The number of rotatable bonds is 5. The SMILES string of the molecule is CCC(N)Cc1cccn1Cc1cccc(C#N)c1F. The summed E-state index contributed by atoms with van der Waals surface area (Å²) in [6.07, 6.45) is 3.59. The van der Waals surface area contributed by atoms with Crippen molar-refractivity contribution in [1.82, 2.24) is 4.57 Å². The fourth-order valence-corrected chi connectivity index (χ4v) is 2.17. The van der Waals surface area contributed by atoms with Gasteiger partial charge in [-0.3, -0.25) is 0 Å². The van der Waals surface area contributed by atoms with Crippen LogP contribution in [-0.4, -0.2) is 10.6 Å². The maximum absolute atomic E-state index is 14.1. The largest absolute Gasteiger partial charge is 0.347 e. The van der Waals surface area contributed by atoms with Crippen molar-refractivity contribution in [2.75, 3.05) is 0 Å². The van der Waals surface area contributed by atoms with Crippen molar-refractivity contribution in [3.05, 3.63) is 59.2 Å². The van der Waals surface area contributed by atoms with E-state index in [1.807, 2.05) is 35.9 Å². The lowest BCUT2D eigenvalue weighted by Gasteiger charge is -2.13. The van der Waals surface area contributed by atoms with Crippen molar-refractivity contribution >= 4 is 0 Å². The number of hydrogen-bond donors (Lipinski definition) is 1. The molecule has 0 bridgehead atoms. The van der Waals surface area contributed by atoms with Gasteiger partial charge >= 0.3 is 0 Å². The Morgan fingerprint density at radius 1 is 1.35 bits per heavy atom. The second kappa shape index (κ2) is 6.36. The fourth-order valence-electron chi connectivity index (χ4n) is 2.17. The molecule has 0 spiro atoms. The molecular formula is C16H18FN3. The smallest absolute Gasteiger partial charge is 0.145 e. The molecule has 0 radical (unpaired) electrons. The van der Waals surface area contributed by atoms with Gasteiger partial charge in [0.2, 0.25) is 0 Å². The topological polar surface area (TPSA) is 54.7 Å². The second-order valence-electron chi connectivity index (χ2n) is 4.89. The first-order valence-corrected chi connectivity index (χ1v) is 6.72. The molecule has 104 valence electrons. The van der Waals surface area contributed by atoms with Gasteiger partial charge in [0, 0.05) is 29.9 Å². The van der Waals surface area contributed by atoms with Gasteiger partial charge in [-0.15, -0.1) is 0 Å². The number of nitrogens with zero attached hydrogens (tertiary/aromatic N) is 2. The number of hydrogen-bond acceptors (Lipinski definition) is 2. The summed E-state index contributed by atoms with van der Waals surface area (Å²) in [5.74, 6) is -0.436. The third-order valence-electron chi connectivity index (χ3n) is 3.46. The van der Waals surface area contributed by atoms with Crippen LogP contribution in [0.1, 0.15) is 30.2 Å². The molecule has 1 unspecified atom stereocenters. The van der Waals surface area contributed by atoms with Crippen LogP contribution in [0.15, 0.2) is 36.5 Å². The first kappa shape index (κ1) is 14.3. The van der Waals surface area contributed by atoms with E-state index in [2.05, 4.69) is 0 Å². The van der Waals surface area contributed by atoms with E-state index in [0.717, 1.165) is 18.5 Å². The highest BCUT2D eigenvalue weighted by atomic mass is 19.1. The summed E-state index contributed by atoms with van der Waals surface area (Å²) in [6.45, 7) is 2.47. The summed E-state index contributed by atoms with van der Waals surface area (Å²) in [7, 11) is 0. The van der Waals surface area contributed by atoms with Crippen LogP contribution in [0.4, 0.5) is 4.39 Å². The van der Waals surface area contributed by atoms with E-state index in [1.165, 1.54) is 6.07 Å². The Bertz CT molecular complexity index is 625. The first-order chi connectivity index (χ1) is 9.65. The zero-order valence-corrected chi connectivity index (χ0v) is 11.5. The minimum absolute atomic E-state index is 0.0847. The van der Waals surface area contributed by atoms with E-state index in [9.17, 15) is 4.39 Å². The summed E-state index contributed by atoms with van der Waals surface area (Å²) in [5, 5.41) is 8.86. The van der Waals surface area contributed by atoms with E-state index in [1.54, 1.807) is 12.1 Å². The van der Waals surface area contributed by atoms with Crippen LogP contribution in [0.3, 0.4) is 0 Å². The Morgan fingerprint density at radius 2 is 2.15 bits per heavy atom. The normalized spacial score (nSPS) is 12.1. The molecule has 0 aliphatic rings. The van der Waals surface area contributed by atoms with Crippen molar-refractivity contribution < 1.29 is 4.39 Å². The number of benzene rings is 1. The zero-order valence-electron chi connectivity index (χ0n) is 11.5. The molecule has 0 amide bonds. The molecule has 20 heavy (non-hydrogen) atoms. The molecule has 0 aliphatic heterocycles. The van der Waals surface area contributed by atoms with E-state index in [-0.39, 0.29) is 11.6 Å². The third kappa shape index (κ3) is 3.06. The molecule has 1 heterocycles. The fraction of sp³-hybridized carbons (Fsp3) is 0.312. The molecule has 0 aliphatic carbocycles. The minimum atomic E-state index is -0.436. The van der Waals surface area contributed by atoms with Crippen LogP contribution in [0, 0.1) is 17.1 Å². The van der Waals surface area contributed by atoms with Gasteiger partial charge in [0.25, 0.3) is 0 Å². The van der Waals surface area contributed by atoms with Gasteiger partial charge in [-0.25, -0.2) is 4.39 Å². The Morgan fingerprint density at radius 3 is 2.85 bits per heavy atom. The molecule has 1 aromatic carbocycles. The molecule has 0 saturated carbocycles. The molecule has 0 fully saturated rings. The van der Waals surface area contributed by atoms with Gasteiger partial charge in [0.05, 0.1) is 12.1 Å². The molecule has 1 aromatic heterocycles. The average Bonchev–Trinajstić information content (AvgIpc) is 2.88. The molecule has 2 N–H and O–H groups in total. The van der Waals surface area contributed by atoms with Crippen LogP contribution in [0.5, 0.6) is 0 Å². The van der Waals surface area contributed by atoms with Gasteiger partial charge in [0.15, 0.2) is 0 Å². The standard InChI is InChI=1S/C16H18FN3/c1-2-14(19)9-15-7-4-8-20(15)11-13-6-3-5-12(10-18)16(13)17/h3-8,14H,2,9,11,19H2,1H3. The summed E-state index contributed by atoms with van der Waals surface area (Å²) < 4.78 is 16.0. The molecule has 4 heteroatoms. The van der Waals surface area contributed by atoms with Crippen LogP contribution in [-0.2, 0) is 13.0 Å². The van der Waals surface area contributed by atoms with Gasteiger partial charge in [-0.2, -0.15) is 5.26 Å². The summed E-state index contributed by atoms with van der Waals surface area (Å²) in [5.41, 5.74) is 7.66. The average molecular weight is 271 g/mol. The Balaban J connectivity index is 2.23. The number of halogens is 1. The lowest BCUT2D eigenvalue weighted by Crippen LogP contribution is -2.23. The highest BCUT2D eigenvalue weighted by Gasteiger charge is 2.11. The van der Waals surface area contributed by atoms with Gasteiger partial charge in [0.1, 0.15) is 11.9 Å². The predicted octanol–water partition coefficient (Wildman–Crippen LogP) is 2.83. The maximum Gasteiger partial charge on any atom is 0.145 e. The van der Waals surface area contributed by atoms with Gasteiger partial charge in [-0.05, 0) is 24.6 Å². The zero-order chi connectivity index (χ0) is 14.5. The minimum Gasteiger partial charge on any atom is -0.347 e. The van der Waals surface area contributed by atoms with Crippen molar-refractivity contribution in [3.8, 4) is 6.07 Å². The highest BCUT2D eigenvalue weighted by molar-refractivity contribution is 5.35. The van der Waals surface area contributed by atoms with Crippen molar-refractivity contribution in [2.45, 2.75) is 32.4 Å². The Kier molecular flexibility index (Phi) is 4.54. The Hall–Kier alpha value is -2.12. The maximum atomic E-state index is 14.1. The Labute approximate surface area is 118 Å². The number of nitriles is 1. The number of aromatic nitrogens is 1. The van der Waals surface area contributed by atoms with Gasteiger partial charge < -0.3 is 10.3 Å². The lowest BCUT2D eigenvalue weighted by molar-refractivity contribution is 0.580. The summed E-state index contributed by atoms with van der Waals surface area (Å²) in [6, 6.07) is 10.8. The van der Waals surface area contributed by atoms with E-state index < -0.39 is 5.82 Å². The number of nitrogens with two attached hydrogens (primary N) is 1. The molecule has 1 atom stereocenters. The molecule has 2 rings (SSSR count). The van der Waals surface area contributed by atoms with Crippen LogP contribution < -0.4 is 5.73 Å². The van der Waals surface area contributed by atoms with Crippen molar-refractivity contribution in [2.24, 2.45) is 5.73 Å².